The first-order chi connectivity index (χ1) is 7.33. The highest BCUT2D eigenvalue weighted by molar-refractivity contribution is 5.85. The minimum absolute atomic E-state index is 0. The van der Waals surface area contributed by atoms with E-state index in [1.807, 2.05) is 18.2 Å². The van der Waals surface area contributed by atoms with Crippen molar-refractivity contribution in [2.24, 2.45) is 11.7 Å². The number of benzene rings is 1. The average molecular weight is 242 g/mol. The monoisotopic (exact) mass is 241 g/mol. The third-order valence-electron chi connectivity index (χ3n) is 3.11. The van der Waals surface area contributed by atoms with Gasteiger partial charge in [0.1, 0.15) is 0 Å². The highest BCUT2D eigenvalue weighted by Crippen LogP contribution is 2.39. The van der Waals surface area contributed by atoms with E-state index in [9.17, 15) is 0 Å². The van der Waals surface area contributed by atoms with Gasteiger partial charge in [0.15, 0.2) is 11.5 Å². The van der Waals surface area contributed by atoms with Crippen LogP contribution in [0, 0.1) is 5.92 Å². The maximum atomic E-state index is 6.13. The van der Waals surface area contributed by atoms with Crippen molar-refractivity contribution in [2.45, 2.75) is 25.3 Å². The average Bonchev–Trinajstić information content (AvgIpc) is 2.94. The summed E-state index contributed by atoms with van der Waals surface area (Å²) >= 11 is 0. The second kappa shape index (κ2) is 4.52. The molecule has 1 aliphatic heterocycles. The molecule has 0 spiro atoms. The molecule has 16 heavy (non-hydrogen) atoms. The van der Waals surface area contributed by atoms with Gasteiger partial charge < -0.3 is 15.2 Å². The van der Waals surface area contributed by atoms with E-state index < -0.39 is 0 Å². The molecule has 0 aromatic heterocycles. The lowest BCUT2D eigenvalue weighted by atomic mass is 10.0. The maximum Gasteiger partial charge on any atom is 0.231 e. The third-order valence-corrected chi connectivity index (χ3v) is 3.11. The molecule has 0 unspecified atom stereocenters. The minimum atomic E-state index is 0. The first-order valence-electron chi connectivity index (χ1n) is 5.48. The summed E-state index contributed by atoms with van der Waals surface area (Å²) in [6.07, 6.45) is 3.79. The predicted molar refractivity (Wildman–Crippen MR) is 64.1 cm³/mol. The van der Waals surface area contributed by atoms with E-state index in [0.717, 1.165) is 29.4 Å². The van der Waals surface area contributed by atoms with Crippen molar-refractivity contribution in [3.05, 3.63) is 23.8 Å². The molecule has 1 atom stereocenters. The van der Waals surface area contributed by atoms with Crippen molar-refractivity contribution < 1.29 is 9.47 Å². The van der Waals surface area contributed by atoms with E-state index in [1.54, 1.807) is 0 Å². The van der Waals surface area contributed by atoms with Gasteiger partial charge in [-0.05, 0) is 30.0 Å². The molecular weight excluding hydrogens is 226 g/mol. The van der Waals surface area contributed by atoms with E-state index in [4.69, 9.17) is 15.2 Å². The fraction of sp³-hybridized carbons (Fsp3) is 0.500. The van der Waals surface area contributed by atoms with Crippen LogP contribution in [-0.4, -0.2) is 6.79 Å². The van der Waals surface area contributed by atoms with Crippen LogP contribution in [0.25, 0.3) is 0 Å². The second-order valence-electron chi connectivity index (χ2n) is 4.40. The summed E-state index contributed by atoms with van der Waals surface area (Å²) in [7, 11) is 0. The quantitative estimate of drug-likeness (QED) is 0.885. The first kappa shape index (κ1) is 11.6. The zero-order chi connectivity index (χ0) is 10.3. The van der Waals surface area contributed by atoms with Gasteiger partial charge in [-0.1, -0.05) is 18.9 Å². The topological polar surface area (TPSA) is 44.5 Å². The lowest BCUT2D eigenvalue weighted by Gasteiger charge is -2.11. The molecule has 0 saturated heterocycles. The van der Waals surface area contributed by atoms with Crippen LogP contribution in [0.4, 0.5) is 0 Å². The van der Waals surface area contributed by atoms with Crippen molar-refractivity contribution in [1.29, 1.82) is 0 Å². The van der Waals surface area contributed by atoms with Crippen LogP contribution in [0.3, 0.4) is 0 Å². The fourth-order valence-corrected chi connectivity index (χ4v) is 1.99. The van der Waals surface area contributed by atoms with Crippen LogP contribution >= 0.6 is 12.4 Å². The molecule has 2 N–H and O–H groups in total. The molecule has 0 radical (unpaired) electrons. The SMILES string of the molecule is Cl.N[C@H](CC1CC1)c1ccc2c(c1)OCO2. The molecule has 3 rings (SSSR count). The fourth-order valence-electron chi connectivity index (χ4n) is 1.99. The van der Waals surface area contributed by atoms with Crippen LogP contribution in [0.5, 0.6) is 11.5 Å². The number of hydrogen-bond donors (Lipinski definition) is 1. The van der Waals surface area contributed by atoms with Gasteiger partial charge in [0.25, 0.3) is 0 Å². The molecule has 1 aliphatic carbocycles. The Hall–Kier alpha value is -0.930. The lowest BCUT2D eigenvalue weighted by Crippen LogP contribution is -2.10. The first-order valence-corrected chi connectivity index (χ1v) is 5.48. The summed E-state index contributed by atoms with van der Waals surface area (Å²) < 4.78 is 10.6. The number of ether oxygens (including phenoxy) is 2. The van der Waals surface area contributed by atoms with Gasteiger partial charge in [0.2, 0.25) is 6.79 Å². The Kier molecular flexibility index (Phi) is 3.26. The molecule has 4 heteroatoms. The molecule has 2 aliphatic rings. The number of hydrogen-bond acceptors (Lipinski definition) is 3. The highest BCUT2D eigenvalue weighted by atomic mass is 35.5. The van der Waals surface area contributed by atoms with Gasteiger partial charge in [-0.2, -0.15) is 0 Å². The number of fused-ring (bicyclic) bond motifs is 1. The van der Waals surface area contributed by atoms with Crippen LogP contribution in [0.1, 0.15) is 30.9 Å². The molecule has 1 fully saturated rings. The number of halogens is 1. The Morgan fingerprint density at radius 2 is 2.00 bits per heavy atom. The molecule has 1 aromatic rings. The summed E-state index contributed by atoms with van der Waals surface area (Å²) in [5.74, 6) is 2.52. The summed E-state index contributed by atoms with van der Waals surface area (Å²) in [6, 6.07) is 6.15. The van der Waals surface area contributed by atoms with E-state index >= 15 is 0 Å². The molecule has 1 saturated carbocycles. The number of rotatable bonds is 3. The molecule has 3 nitrogen and oxygen atoms in total. The second-order valence-corrected chi connectivity index (χ2v) is 4.40. The van der Waals surface area contributed by atoms with Gasteiger partial charge in [0, 0.05) is 6.04 Å². The van der Waals surface area contributed by atoms with E-state index in [-0.39, 0.29) is 18.4 Å². The molecule has 0 bridgehead atoms. The zero-order valence-corrected chi connectivity index (χ0v) is 9.83. The van der Waals surface area contributed by atoms with Crippen LogP contribution in [0.15, 0.2) is 18.2 Å². The van der Waals surface area contributed by atoms with Gasteiger partial charge in [-0.3, -0.25) is 0 Å². The molecule has 88 valence electrons. The van der Waals surface area contributed by atoms with E-state index in [2.05, 4.69) is 0 Å². The van der Waals surface area contributed by atoms with Gasteiger partial charge in [0.05, 0.1) is 0 Å². The van der Waals surface area contributed by atoms with Crippen molar-refractivity contribution in [3.63, 3.8) is 0 Å². The van der Waals surface area contributed by atoms with Crippen LogP contribution < -0.4 is 15.2 Å². The molecule has 1 aromatic carbocycles. The minimum Gasteiger partial charge on any atom is -0.454 e. The largest absolute Gasteiger partial charge is 0.454 e. The van der Waals surface area contributed by atoms with Gasteiger partial charge >= 0.3 is 0 Å². The Morgan fingerprint density at radius 1 is 1.25 bits per heavy atom. The molecular formula is C12H16ClNO2. The Balaban J connectivity index is 0.000000963. The van der Waals surface area contributed by atoms with Gasteiger partial charge in [-0.15, -0.1) is 12.4 Å². The maximum absolute atomic E-state index is 6.13. The van der Waals surface area contributed by atoms with Crippen LogP contribution in [0.2, 0.25) is 0 Å². The molecule has 1 heterocycles. The van der Waals surface area contributed by atoms with E-state index in [1.165, 1.54) is 12.8 Å². The van der Waals surface area contributed by atoms with Crippen molar-refractivity contribution in [3.8, 4) is 11.5 Å². The summed E-state index contributed by atoms with van der Waals surface area (Å²) in [5.41, 5.74) is 7.29. The lowest BCUT2D eigenvalue weighted by molar-refractivity contribution is 0.174. The summed E-state index contributed by atoms with van der Waals surface area (Å²) in [5, 5.41) is 0. The summed E-state index contributed by atoms with van der Waals surface area (Å²) in [4.78, 5) is 0. The standard InChI is InChI=1S/C12H15NO2.ClH/c13-10(5-8-1-2-8)9-3-4-11-12(6-9)15-7-14-11;/h3-4,6,8,10H,1-2,5,7,13H2;1H/t10-;/m1./s1. The Labute approximate surface area is 101 Å². The number of nitrogens with two attached hydrogens (primary N) is 1. The Morgan fingerprint density at radius 3 is 2.75 bits per heavy atom. The smallest absolute Gasteiger partial charge is 0.231 e. The van der Waals surface area contributed by atoms with E-state index in [0.29, 0.717) is 6.79 Å². The van der Waals surface area contributed by atoms with Crippen LogP contribution in [-0.2, 0) is 0 Å². The Bertz CT molecular complexity index is 379. The van der Waals surface area contributed by atoms with Crippen molar-refractivity contribution in [2.75, 3.05) is 6.79 Å². The third kappa shape index (κ3) is 2.25. The molecule has 0 amide bonds. The zero-order valence-electron chi connectivity index (χ0n) is 9.02. The summed E-state index contributed by atoms with van der Waals surface area (Å²) in [6.45, 7) is 0.330. The van der Waals surface area contributed by atoms with Gasteiger partial charge in [-0.25, -0.2) is 0 Å². The highest BCUT2D eigenvalue weighted by Gasteiger charge is 2.25. The van der Waals surface area contributed by atoms with Crippen molar-refractivity contribution in [1.82, 2.24) is 0 Å². The van der Waals surface area contributed by atoms with Crippen molar-refractivity contribution >= 4 is 12.4 Å². The normalized spacial score (nSPS) is 19.1. The predicted octanol–water partition coefficient (Wildman–Crippen LogP) is 2.64.